The van der Waals surface area contributed by atoms with Gasteiger partial charge in [-0.15, -0.1) is 0 Å². The summed E-state index contributed by atoms with van der Waals surface area (Å²) in [6.07, 6.45) is 0.414. The van der Waals surface area contributed by atoms with Gasteiger partial charge in [-0.1, -0.05) is 11.8 Å². The molecule has 0 N–H and O–H groups in total. The fourth-order valence-electron chi connectivity index (χ4n) is 2.40. The number of carbonyl (C=O) groups is 2. The van der Waals surface area contributed by atoms with E-state index in [1.807, 2.05) is 0 Å². The summed E-state index contributed by atoms with van der Waals surface area (Å²) >= 11 is 1.24. The molecule has 21 heavy (non-hydrogen) atoms. The summed E-state index contributed by atoms with van der Waals surface area (Å²) in [6.45, 7) is 2.06. The summed E-state index contributed by atoms with van der Waals surface area (Å²) < 4.78 is 14.0. The van der Waals surface area contributed by atoms with Crippen molar-refractivity contribution in [2.45, 2.75) is 13.3 Å². The van der Waals surface area contributed by atoms with Gasteiger partial charge in [0.25, 0.3) is 0 Å². The molecule has 1 amide bonds. The van der Waals surface area contributed by atoms with Crippen LogP contribution in [0.5, 0.6) is 0 Å². The number of hydrogen-bond acceptors (Lipinski definition) is 4. The maximum atomic E-state index is 14.0. The minimum absolute atomic E-state index is 0.0128. The molecule has 1 aromatic carbocycles. The first-order valence-electron chi connectivity index (χ1n) is 6.79. The Kier molecular flexibility index (Phi) is 4.88. The Labute approximate surface area is 128 Å². The van der Waals surface area contributed by atoms with E-state index in [1.165, 1.54) is 24.8 Å². The molecule has 4 nitrogen and oxygen atoms in total. The van der Waals surface area contributed by atoms with E-state index < -0.39 is 0 Å². The van der Waals surface area contributed by atoms with Crippen LogP contribution in [0.3, 0.4) is 0 Å². The quantitative estimate of drug-likeness (QED) is 0.857. The van der Waals surface area contributed by atoms with Gasteiger partial charge in [-0.3, -0.25) is 9.59 Å². The number of thioether (sulfide) groups is 1. The molecule has 1 aliphatic heterocycles. The molecule has 114 valence electrons. The third-order valence-electron chi connectivity index (χ3n) is 3.45. The molecule has 0 radical (unpaired) electrons. The molecule has 6 heteroatoms. The molecule has 0 aromatic heterocycles. The van der Waals surface area contributed by atoms with Crippen molar-refractivity contribution in [1.29, 1.82) is 0 Å². The molecule has 1 aliphatic rings. The van der Waals surface area contributed by atoms with Crippen LogP contribution >= 0.6 is 11.8 Å². The van der Waals surface area contributed by atoms with Gasteiger partial charge in [0, 0.05) is 45.4 Å². The van der Waals surface area contributed by atoms with Gasteiger partial charge < -0.3 is 9.80 Å². The molecular formula is C15H19FN2O2S. The van der Waals surface area contributed by atoms with Crippen LogP contribution in [-0.4, -0.2) is 37.4 Å². The van der Waals surface area contributed by atoms with E-state index in [2.05, 4.69) is 0 Å². The summed E-state index contributed by atoms with van der Waals surface area (Å²) in [5.74, 6) is 0.423. The van der Waals surface area contributed by atoms with Crippen LogP contribution in [0.15, 0.2) is 18.2 Å². The van der Waals surface area contributed by atoms with Crippen molar-refractivity contribution in [3.63, 3.8) is 0 Å². The van der Waals surface area contributed by atoms with Crippen LogP contribution in [0.25, 0.3) is 0 Å². The molecule has 1 saturated heterocycles. The third kappa shape index (κ3) is 3.75. The Hall–Kier alpha value is -1.56. The van der Waals surface area contributed by atoms with Gasteiger partial charge in [-0.25, -0.2) is 4.39 Å². The van der Waals surface area contributed by atoms with Gasteiger partial charge in [0.1, 0.15) is 5.82 Å². The van der Waals surface area contributed by atoms with Crippen LogP contribution < -0.4 is 9.80 Å². The normalized spacial score (nSPS) is 18.2. The molecule has 1 heterocycles. The van der Waals surface area contributed by atoms with E-state index in [-0.39, 0.29) is 22.8 Å². The Morgan fingerprint density at radius 1 is 1.48 bits per heavy atom. The highest BCUT2D eigenvalue weighted by molar-refractivity contribution is 8.13. The Morgan fingerprint density at radius 3 is 2.76 bits per heavy atom. The zero-order valence-electron chi connectivity index (χ0n) is 12.4. The standard InChI is InChI=1S/C15H19FN2O2S/c1-10(19)21-9-11-6-15(20)18(8-11)12-4-5-14(17(2)3)13(16)7-12/h4-5,7,11H,6,8-9H2,1-3H3. The van der Waals surface area contributed by atoms with Gasteiger partial charge in [0.2, 0.25) is 5.91 Å². The summed E-state index contributed by atoms with van der Waals surface area (Å²) in [7, 11) is 3.54. The molecule has 0 bridgehead atoms. The number of benzene rings is 1. The maximum Gasteiger partial charge on any atom is 0.227 e. The highest BCUT2D eigenvalue weighted by Gasteiger charge is 2.31. The monoisotopic (exact) mass is 310 g/mol. The second kappa shape index (κ2) is 6.47. The van der Waals surface area contributed by atoms with Gasteiger partial charge in [0.15, 0.2) is 5.12 Å². The topological polar surface area (TPSA) is 40.6 Å². The van der Waals surface area contributed by atoms with E-state index in [9.17, 15) is 14.0 Å². The van der Waals surface area contributed by atoms with Crippen molar-refractivity contribution in [3.8, 4) is 0 Å². The summed E-state index contributed by atoms with van der Waals surface area (Å²) in [6, 6.07) is 4.83. The molecule has 1 unspecified atom stereocenters. The first-order valence-corrected chi connectivity index (χ1v) is 7.77. The molecule has 2 rings (SSSR count). The van der Waals surface area contributed by atoms with Gasteiger partial charge in [-0.05, 0) is 24.1 Å². The lowest BCUT2D eigenvalue weighted by atomic mass is 10.1. The number of carbonyl (C=O) groups excluding carboxylic acids is 2. The number of anilines is 2. The van der Waals surface area contributed by atoms with Crippen LogP contribution in [0.1, 0.15) is 13.3 Å². The van der Waals surface area contributed by atoms with E-state index in [0.29, 0.717) is 30.1 Å². The van der Waals surface area contributed by atoms with Crippen molar-refractivity contribution < 1.29 is 14.0 Å². The predicted octanol–water partition coefficient (Wildman–Crippen LogP) is 2.52. The van der Waals surface area contributed by atoms with E-state index in [1.54, 1.807) is 36.0 Å². The van der Waals surface area contributed by atoms with Gasteiger partial charge in [0.05, 0.1) is 5.69 Å². The van der Waals surface area contributed by atoms with Crippen molar-refractivity contribution in [2.24, 2.45) is 5.92 Å². The summed E-state index contributed by atoms with van der Waals surface area (Å²) in [5, 5.41) is 0.0577. The largest absolute Gasteiger partial charge is 0.375 e. The Balaban J connectivity index is 2.10. The Morgan fingerprint density at radius 2 is 2.19 bits per heavy atom. The van der Waals surface area contributed by atoms with Crippen molar-refractivity contribution in [3.05, 3.63) is 24.0 Å². The van der Waals surface area contributed by atoms with Crippen LogP contribution in [0, 0.1) is 11.7 Å². The molecule has 0 aliphatic carbocycles. The van der Waals surface area contributed by atoms with Crippen molar-refractivity contribution in [2.75, 3.05) is 36.2 Å². The van der Waals surface area contributed by atoms with Crippen molar-refractivity contribution >= 4 is 34.2 Å². The minimum atomic E-state index is -0.341. The molecule has 0 saturated carbocycles. The average molecular weight is 310 g/mol. The number of amides is 1. The lowest BCUT2D eigenvalue weighted by Gasteiger charge is -2.19. The lowest BCUT2D eigenvalue weighted by molar-refractivity contribution is -0.117. The van der Waals surface area contributed by atoms with Crippen molar-refractivity contribution in [1.82, 2.24) is 0 Å². The second-order valence-electron chi connectivity index (χ2n) is 5.41. The van der Waals surface area contributed by atoms with Crippen LogP contribution in [0.2, 0.25) is 0 Å². The number of nitrogens with zero attached hydrogens (tertiary/aromatic N) is 2. The minimum Gasteiger partial charge on any atom is -0.375 e. The number of halogens is 1. The SMILES string of the molecule is CC(=O)SCC1CC(=O)N(c2ccc(N(C)C)c(F)c2)C1. The van der Waals surface area contributed by atoms with Gasteiger partial charge >= 0.3 is 0 Å². The molecule has 0 spiro atoms. The van der Waals surface area contributed by atoms with E-state index in [0.717, 1.165) is 0 Å². The van der Waals surface area contributed by atoms with Gasteiger partial charge in [-0.2, -0.15) is 0 Å². The second-order valence-corrected chi connectivity index (χ2v) is 6.60. The molecule has 1 atom stereocenters. The average Bonchev–Trinajstić information content (AvgIpc) is 2.77. The highest BCUT2D eigenvalue weighted by Crippen LogP contribution is 2.30. The third-order valence-corrected chi connectivity index (χ3v) is 4.50. The zero-order valence-corrected chi connectivity index (χ0v) is 13.2. The zero-order chi connectivity index (χ0) is 15.6. The Bertz CT molecular complexity index is 563. The molecule has 1 fully saturated rings. The first-order chi connectivity index (χ1) is 9.88. The summed E-state index contributed by atoms with van der Waals surface area (Å²) in [4.78, 5) is 26.3. The van der Waals surface area contributed by atoms with Crippen LogP contribution in [0.4, 0.5) is 15.8 Å². The maximum absolute atomic E-state index is 14.0. The molecular weight excluding hydrogens is 291 g/mol. The number of rotatable bonds is 4. The smallest absolute Gasteiger partial charge is 0.227 e. The first kappa shape index (κ1) is 15.8. The lowest BCUT2D eigenvalue weighted by Crippen LogP contribution is -2.25. The van der Waals surface area contributed by atoms with Crippen LogP contribution in [-0.2, 0) is 9.59 Å². The van der Waals surface area contributed by atoms with E-state index in [4.69, 9.17) is 0 Å². The van der Waals surface area contributed by atoms with E-state index >= 15 is 0 Å². The number of hydrogen-bond donors (Lipinski definition) is 0. The summed E-state index contributed by atoms with van der Waals surface area (Å²) in [5.41, 5.74) is 1.08. The molecule has 1 aromatic rings. The fraction of sp³-hybridized carbons (Fsp3) is 0.467. The highest BCUT2D eigenvalue weighted by atomic mass is 32.2. The predicted molar refractivity (Wildman–Crippen MR) is 84.3 cm³/mol. The fourth-order valence-corrected chi connectivity index (χ4v) is 3.10.